The largest absolute Gasteiger partial charge is 0.379 e. The third kappa shape index (κ3) is 20.2. The Kier molecular flexibility index (Phi) is 20.1. The van der Waals surface area contributed by atoms with Crippen LogP contribution in [0.15, 0.2) is 72.9 Å². The fourth-order valence-corrected chi connectivity index (χ4v) is 3.30. The van der Waals surface area contributed by atoms with Crippen molar-refractivity contribution in [1.82, 2.24) is 10.2 Å². The fraction of sp³-hybridized carbons (Fsp3) is 0.552. The maximum atomic E-state index is 11.9. The molecule has 1 heterocycles. The van der Waals surface area contributed by atoms with Crippen molar-refractivity contribution >= 4 is 5.91 Å². The first-order valence-electron chi connectivity index (χ1n) is 12.8. The van der Waals surface area contributed by atoms with E-state index in [0.29, 0.717) is 6.42 Å². The summed E-state index contributed by atoms with van der Waals surface area (Å²) in [6.45, 7) is 7.64. The predicted molar refractivity (Wildman–Crippen MR) is 142 cm³/mol. The first-order chi connectivity index (χ1) is 16.3. The molecular weight excluding hydrogens is 408 g/mol. The van der Waals surface area contributed by atoms with Crippen LogP contribution in [0.4, 0.5) is 0 Å². The Bertz CT molecular complexity index is 638. The average Bonchev–Trinajstić information content (AvgIpc) is 2.84. The van der Waals surface area contributed by atoms with Gasteiger partial charge < -0.3 is 10.1 Å². The Morgan fingerprint density at radius 2 is 1.24 bits per heavy atom. The number of hydrogen-bond donors (Lipinski definition) is 1. The zero-order valence-corrected chi connectivity index (χ0v) is 20.8. The molecule has 1 saturated heterocycles. The van der Waals surface area contributed by atoms with Crippen LogP contribution in [-0.2, 0) is 9.53 Å². The van der Waals surface area contributed by atoms with Crippen LogP contribution < -0.4 is 5.32 Å². The standard InChI is InChI=1S/C29H46N2O2/c1-2-3-4-5-6-7-8-9-10-11-12-13-14-15-16-17-18-19-20-22-29(32)30-23-21-24-31-25-27-33-28-26-31/h3-4,6-7,9-10,12-13,15-16,18-19H,2,5,8,11,14,17,20-28H2,1H3,(H,30,32)/b4-3+,7-6+,10-9+,13-12+,16-15+,19-18+. The molecule has 4 heteroatoms. The van der Waals surface area contributed by atoms with Crippen LogP contribution in [0.2, 0.25) is 0 Å². The summed E-state index contributed by atoms with van der Waals surface area (Å²) in [7, 11) is 0. The van der Waals surface area contributed by atoms with E-state index in [9.17, 15) is 4.79 Å². The Morgan fingerprint density at radius 3 is 1.76 bits per heavy atom. The van der Waals surface area contributed by atoms with Crippen molar-refractivity contribution in [3.05, 3.63) is 72.9 Å². The van der Waals surface area contributed by atoms with E-state index >= 15 is 0 Å². The number of nitrogens with one attached hydrogen (secondary N) is 1. The lowest BCUT2D eigenvalue weighted by molar-refractivity contribution is -0.121. The van der Waals surface area contributed by atoms with Crippen LogP contribution in [0.5, 0.6) is 0 Å². The van der Waals surface area contributed by atoms with Crippen molar-refractivity contribution in [2.75, 3.05) is 39.4 Å². The van der Waals surface area contributed by atoms with Crippen LogP contribution in [0.3, 0.4) is 0 Å². The SMILES string of the molecule is CC/C=C/C/C=C/C/C=C/C/C=C/C/C=C/C/C=C/CCC(=O)NCCCN1CCOCC1. The van der Waals surface area contributed by atoms with Gasteiger partial charge in [0, 0.05) is 26.1 Å². The second-order valence-corrected chi connectivity index (χ2v) is 8.11. The zero-order valence-electron chi connectivity index (χ0n) is 20.8. The van der Waals surface area contributed by atoms with E-state index in [4.69, 9.17) is 4.74 Å². The first kappa shape index (κ1) is 28.9. The molecule has 0 spiro atoms. The molecule has 4 nitrogen and oxygen atoms in total. The number of morpholine rings is 1. The Labute approximate surface area is 202 Å². The van der Waals surface area contributed by atoms with E-state index < -0.39 is 0 Å². The van der Waals surface area contributed by atoms with E-state index in [0.717, 1.165) is 90.8 Å². The summed E-state index contributed by atoms with van der Waals surface area (Å²) < 4.78 is 5.34. The van der Waals surface area contributed by atoms with E-state index in [1.165, 1.54) is 0 Å². The van der Waals surface area contributed by atoms with Gasteiger partial charge in [-0.15, -0.1) is 0 Å². The quantitative estimate of drug-likeness (QED) is 0.195. The van der Waals surface area contributed by atoms with Gasteiger partial charge in [0.1, 0.15) is 0 Å². The van der Waals surface area contributed by atoms with E-state index in [1.807, 2.05) is 0 Å². The molecule has 1 fully saturated rings. The molecular formula is C29H46N2O2. The number of rotatable bonds is 18. The minimum absolute atomic E-state index is 0.150. The summed E-state index contributed by atoms with van der Waals surface area (Å²) in [5.41, 5.74) is 0. The molecule has 1 aliphatic rings. The van der Waals surface area contributed by atoms with Gasteiger partial charge in [0.2, 0.25) is 5.91 Å². The monoisotopic (exact) mass is 454 g/mol. The lowest BCUT2D eigenvalue weighted by Gasteiger charge is -2.26. The summed E-state index contributed by atoms with van der Waals surface area (Å²) in [5, 5.41) is 3.02. The van der Waals surface area contributed by atoms with Crippen LogP contribution in [-0.4, -0.2) is 50.2 Å². The molecule has 0 saturated carbocycles. The van der Waals surface area contributed by atoms with Crippen molar-refractivity contribution in [3.8, 4) is 0 Å². The number of allylic oxidation sites excluding steroid dienone is 12. The van der Waals surface area contributed by atoms with Gasteiger partial charge in [0.15, 0.2) is 0 Å². The first-order valence-corrected chi connectivity index (χ1v) is 12.8. The van der Waals surface area contributed by atoms with E-state index in [1.54, 1.807) is 0 Å². The van der Waals surface area contributed by atoms with Gasteiger partial charge in [0.05, 0.1) is 13.2 Å². The highest BCUT2D eigenvalue weighted by molar-refractivity contribution is 5.75. The van der Waals surface area contributed by atoms with Crippen molar-refractivity contribution in [1.29, 1.82) is 0 Å². The van der Waals surface area contributed by atoms with Gasteiger partial charge >= 0.3 is 0 Å². The number of ether oxygens (including phenoxy) is 1. The van der Waals surface area contributed by atoms with Crippen molar-refractivity contribution in [3.63, 3.8) is 0 Å². The smallest absolute Gasteiger partial charge is 0.220 e. The third-order valence-electron chi connectivity index (χ3n) is 5.21. The summed E-state index contributed by atoms with van der Waals surface area (Å²) >= 11 is 0. The summed E-state index contributed by atoms with van der Waals surface area (Å²) in [6, 6.07) is 0. The molecule has 0 aromatic heterocycles. The minimum Gasteiger partial charge on any atom is -0.379 e. The van der Waals surface area contributed by atoms with Crippen LogP contribution in [0, 0.1) is 0 Å². The van der Waals surface area contributed by atoms with Crippen LogP contribution in [0.25, 0.3) is 0 Å². The molecule has 1 N–H and O–H groups in total. The molecule has 1 aliphatic heterocycles. The summed E-state index contributed by atoms with van der Waals surface area (Å²) in [5.74, 6) is 0.150. The molecule has 0 radical (unpaired) electrons. The van der Waals surface area contributed by atoms with Gasteiger partial charge in [-0.05, 0) is 57.9 Å². The van der Waals surface area contributed by atoms with Gasteiger partial charge in [-0.25, -0.2) is 0 Å². The lowest BCUT2D eigenvalue weighted by atomic mass is 10.2. The Balaban J connectivity index is 1.90. The average molecular weight is 455 g/mol. The number of nitrogens with zero attached hydrogens (tertiary/aromatic N) is 1. The zero-order chi connectivity index (χ0) is 23.7. The Morgan fingerprint density at radius 1 is 0.758 bits per heavy atom. The minimum atomic E-state index is 0.150. The summed E-state index contributed by atoms with van der Waals surface area (Å²) in [4.78, 5) is 14.3. The molecule has 33 heavy (non-hydrogen) atoms. The lowest BCUT2D eigenvalue weighted by Crippen LogP contribution is -2.38. The second kappa shape index (κ2) is 23.0. The Hall–Kier alpha value is -2.17. The van der Waals surface area contributed by atoms with Gasteiger partial charge in [-0.3, -0.25) is 9.69 Å². The maximum absolute atomic E-state index is 11.9. The molecule has 0 atom stereocenters. The molecule has 0 aromatic carbocycles. The van der Waals surface area contributed by atoms with Crippen LogP contribution >= 0.6 is 0 Å². The summed E-state index contributed by atoms with van der Waals surface area (Å²) in [6.07, 6.45) is 34.8. The molecule has 0 aliphatic carbocycles. The van der Waals surface area contributed by atoms with Crippen molar-refractivity contribution in [2.45, 2.75) is 64.7 Å². The van der Waals surface area contributed by atoms with E-state index in [2.05, 4.69) is 90.1 Å². The van der Waals surface area contributed by atoms with Gasteiger partial charge in [0.25, 0.3) is 0 Å². The normalized spacial score (nSPS) is 16.0. The molecule has 184 valence electrons. The molecule has 1 rings (SSSR count). The maximum Gasteiger partial charge on any atom is 0.220 e. The fourth-order valence-electron chi connectivity index (χ4n) is 3.30. The highest BCUT2D eigenvalue weighted by Gasteiger charge is 2.09. The second-order valence-electron chi connectivity index (χ2n) is 8.11. The number of carbonyl (C=O) groups excluding carboxylic acids is 1. The van der Waals surface area contributed by atoms with Gasteiger partial charge in [-0.2, -0.15) is 0 Å². The number of hydrogen-bond acceptors (Lipinski definition) is 3. The molecule has 0 aromatic rings. The molecule has 0 unspecified atom stereocenters. The topological polar surface area (TPSA) is 41.6 Å². The molecule has 1 amide bonds. The predicted octanol–water partition coefficient (Wildman–Crippen LogP) is 6.30. The highest BCUT2D eigenvalue weighted by Crippen LogP contribution is 1.99. The van der Waals surface area contributed by atoms with E-state index in [-0.39, 0.29) is 5.91 Å². The van der Waals surface area contributed by atoms with Crippen LogP contribution in [0.1, 0.15) is 64.7 Å². The highest BCUT2D eigenvalue weighted by atomic mass is 16.5. The van der Waals surface area contributed by atoms with Gasteiger partial charge in [-0.1, -0.05) is 79.8 Å². The number of carbonyl (C=O) groups is 1. The number of amides is 1. The molecule has 0 bridgehead atoms. The third-order valence-corrected chi connectivity index (χ3v) is 5.21. The van der Waals surface area contributed by atoms with Crippen molar-refractivity contribution in [2.24, 2.45) is 0 Å². The van der Waals surface area contributed by atoms with Crippen molar-refractivity contribution < 1.29 is 9.53 Å².